The standard InChI is InChI=1S/C5H6N2O3/c1-2-10-5(9)4(3-8)7-6/h3H,2H2,1H3. The Kier molecular flexibility index (Phi) is 3.75. The minimum absolute atomic E-state index is 0.123. The summed E-state index contributed by atoms with van der Waals surface area (Å²) in [6.07, 6.45) is 0.123. The van der Waals surface area contributed by atoms with Crippen molar-refractivity contribution < 1.29 is 19.1 Å². The van der Waals surface area contributed by atoms with Gasteiger partial charge in [0, 0.05) is 0 Å². The van der Waals surface area contributed by atoms with Crippen LogP contribution < -0.4 is 0 Å². The van der Waals surface area contributed by atoms with Crippen LogP contribution in [0.15, 0.2) is 0 Å². The Morgan fingerprint density at radius 1 is 1.80 bits per heavy atom. The fourth-order valence-electron chi connectivity index (χ4n) is 0.318. The van der Waals surface area contributed by atoms with Crippen LogP contribution in [0.2, 0.25) is 0 Å². The topological polar surface area (TPSA) is 79.8 Å². The molecule has 0 aliphatic carbocycles. The molecule has 0 fully saturated rings. The van der Waals surface area contributed by atoms with E-state index in [1.807, 2.05) is 0 Å². The SMILES string of the molecule is CCOC(=O)C(C=O)=[N+]=[N-]. The zero-order chi connectivity index (χ0) is 7.98. The van der Waals surface area contributed by atoms with Crippen molar-refractivity contribution in [2.24, 2.45) is 0 Å². The Morgan fingerprint density at radius 3 is 2.70 bits per heavy atom. The molecule has 0 heterocycles. The second kappa shape index (κ2) is 4.40. The van der Waals surface area contributed by atoms with Gasteiger partial charge in [0.15, 0.2) is 0 Å². The van der Waals surface area contributed by atoms with Gasteiger partial charge in [-0.05, 0) is 6.92 Å². The fraction of sp³-hybridized carbons (Fsp3) is 0.400. The maximum Gasteiger partial charge on any atom is 0.438 e. The van der Waals surface area contributed by atoms with Crippen LogP contribution >= 0.6 is 0 Å². The van der Waals surface area contributed by atoms with E-state index in [1.165, 1.54) is 0 Å². The average molecular weight is 142 g/mol. The summed E-state index contributed by atoms with van der Waals surface area (Å²) in [6.45, 7) is 1.73. The Bertz CT molecular complexity index is 193. The van der Waals surface area contributed by atoms with Crippen LogP contribution in [-0.2, 0) is 14.3 Å². The Hall–Kier alpha value is -1.48. The van der Waals surface area contributed by atoms with Gasteiger partial charge in [-0.1, -0.05) is 0 Å². The lowest BCUT2D eigenvalue weighted by molar-refractivity contribution is -0.140. The maximum atomic E-state index is 10.5. The van der Waals surface area contributed by atoms with Crippen LogP contribution in [0, 0.1) is 0 Å². The van der Waals surface area contributed by atoms with Crippen LogP contribution in [0.4, 0.5) is 0 Å². The maximum absolute atomic E-state index is 10.5. The molecule has 0 bridgehead atoms. The molecule has 0 aliphatic rings. The van der Waals surface area contributed by atoms with E-state index in [0.717, 1.165) is 0 Å². The zero-order valence-electron chi connectivity index (χ0n) is 5.40. The first-order chi connectivity index (χ1) is 4.76. The number of hydrogen-bond acceptors (Lipinski definition) is 3. The van der Waals surface area contributed by atoms with E-state index in [0.29, 0.717) is 0 Å². The highest BCUT2D eigenvalue weighted by Gasteiger charge is 2.19. The summed E-state index contributed by atoms with van der Waals surface area (Å²) in [5, 5.41) is 0. The Morgan fingerprint density at radius 2 is 2.40 bits per heavy atom. The highest BCUT2D eigenvalue weighted by Crippen LogP contribution is 1.76. The smallest absolute Gasteiger partial charge is 0.438 e. The Balaban J connectivity index is 4.18. The summed E-state index contributed by atoms with van der Waals surface area (Å²) in [6, 6.07) is 0. The van der Waals surface area contributed by atoms with Crippen molar-refractivity contribution in [2.75, 3.05) is 6.61 Å². The molecule has 5 nitrogen and oxygen atoms in total. The third-order valence-electron chi connectivity index (χ3n) is 0.704. The van der Waals surface area contributed by atoms with Gasteiger partial charge in [-0.15, -0.1) is 0 Å². The lowest BCUT2D eigenvalue weighted by Crippen LogP contribution is -2.19. The third-order valence-corrected chi connectivity index (χ3v) is 0.704. The number of esters is 1. The second-order valence-corrected chi connectivity index (χ2v) is 1.32. The highest BCUT2D eigenvalue weighted by molar-refractivity contribution is 6.55. The molecule has 0 spiro atoms. The molecule has 0 amide bonds. The van der Waals surface area contributed by atoms with Crippen molar-refractivity contribution in [1.29, 1.82) is 0 Å². The van der Waals surface area contributed by atoms with E-state index in [-0.39, 0.29) is 12.9 Å². The van der Waals surface area contributed by atoms with E-state index in [9.17, 15) is 9.59 Å². The van der Waals surface area contributed by atoms with E-state index >= 15 is 0 Å². The van der Waals surface area contributed by atoms with E-state index < -0.39 is 11.7 Å². The largest absolute Gasteiger partial charge is 0.457 e. The van der Waals surface area contributed by atoms with E-state index in [4.69, 9.17) is 5.53 Å². The molecule has 0 radical (unpaired) electrons. The average Bonchev–Trinajstić information content (AvgIpc) is 1.91. The first-order valence-corrected chi connectivity index (χ1v) is 2.60. The van der Waals surface area contributed by atoms with Crippen molar-refractivity contribution in [3.8, 4) is 0 Å². The predicted octanol–water partition coefficient (Wildman–Crippen LogP) is -0.581. The Labute approximate surface area is 57.2 Å². The quantitative estimate of drug-likeness (QED) is 0.132. The van der Waals surface area contributed by atoms with Crippen LogP contribution in [0.5, 0.6) is 0 Å². The zero-order valence-corrected chi connectivity index (χ0v) is 5.40. The minimum Gasteiger partial charge on any atom is -0.457 e. The minimum atomic E-state index is -0.917. The van der Waals surface area contributed by atoms with Gasteiger partial charge in [-0.3, -0.25) is 4.79 Å². The lowest BCUT2D eigenvalue weighted by Gasteiger charge is -1.90. The molecule has 5 heteroatoms. The van der Waals surface area contributed by atoms with Gasteiger partial charge in [0.1, 0.15) is 0 Å². The van der Waals surface area contributed by atoms with Gasteiger partial charge in [-0.2, -0.15) is 4.79 Å². The molecule has 0 saturated heterocycles. The molecule has 0 aliphatic heterocycles. The summed E-state index contributed by atoms with van der Waals surface area (Å²) in [5.74, 6) is -0.917. The number of ether oxygens (including phenoxy) is 1. The number of nitrogens with zero attached hydrogens (tertiary/aromatic N) is 2. The highest BCUT2D eigenvalue weighted by atomic mass is 16.5. The van der Waals surface area contributed by atoms with Gasteiger partial charge in [-0.25, -0.2) is 4.79 Å². The number of carbonyl (C=O) groups excluding carboxylic acids is 2. The number of rotatable bonds is 3. The number of aldehydes is 1. The summed E-state index contributed by atoms with van der Waals surface area (Å²) < 4.78 is 4.32. The van der Waals surface area contributed by atoms with Crippen LogP contribution in [-0.4, -0.2) is 29.4 Å². The molecule has 0 aromatic carbocycles. The molecule has 0 rings (SSSR count). The van der Waals surface area contributed by atoms with Crippen molar-refractivity contribution >= 4 is 18.0 Å². The van der Waals surface area contributed by atoms with Crippen molar-refractivity contribution in [3.05, 3.63) is 5.53 Å². The first-order valence-electron chi connectivity index (χ1n) is 2.60. The summed E-state index contributed by atoms with van der Waals surface area (Å²) >= 11 is 0. The third kappa shape index (κ3) is 2.19. The van der Waals surface area contributed by atoms with Gasteiger partial charge in [0.05, 0.1) is 6.61 Å². The normalized spacial score (nSPS) is 7.70. The molecule has 0 aromatic heterocycles. The molecular formula is C5H6N2O3. The molecule has 0 saturated carbocycles. The lowest BCUT2D eigenvalue weighted by atomic mass is 10.4. The van der Waals surface area contributed by atoms with Crippen LogP contribution in [0.3, 0.4) is 0 Å². The summed E-state index contributed by atoms with van der Waals surface area (Å²) in [7, 11) is 0. The number of hydrogen-bond donors (Lipinski definition) is 0. The van der Waals surface area contributed by atoms with Gasteiger partial charge < -0.3 is 10.3 Å². The molecular weight excluding hydrogens is 136 g/mol. The van der Waals surface area contributed by atoms with Gasteiger partial charge in [0.2, 0.25) is 6.29 Å². The van der Waals surface area contributed by atoms with Gasteiger partial charge in [0.25, 0.3) is 0 Å². The molecule has 54 valence electrons. The first kappa shape index (κ1) is 8.52. The van der Waals surface area contributed by atoms with Crippen LogP contribution in [0.1, 0.15) is 6.92 Å². The molecule has 0 atom stereocenters. The summed E-state index contributed by atoms with van der Waals surface area (Å²) in [4.78, 5) is 22.7. The number of carbonyl (C=O) groups is 2. The van der Waals surface area contributed by atoms with Crippen molar-refractivity contribution in [1.82, 2.24) is 0 Å². The molecule has 0 unspecified atom stereocenters. The predicted molar refractivity (Wildman–Crippen MR) is 31.3 cm³/mol. The van der Waals surface area contributed by atoms with Gasteiger partial charge >= 0.3 is 11.7 Å². The van der Waals surface area contributed by atoms with Crippen molar-refractivity contribution in [3.63, 3.8) is 0 Å². The molecule has 10 heavy (non-hydrogen) atoms. The van der Waals surface area contributed by atoms with E-state index in [2.05, 4.69) is 9.53 Å². The monoisotopic (exact) mass is 142 g/mol. The van der Waals surface area contributed by atoms with E-state index in [1.54, 1.807) is 6.92 Å². The second-order valence-electron chi connectivity index (χ2n) is 1.32. The summed E-state index contributed by atoms with van der Waals surface area (Å²) in [5.41, 5.74) is 7.36. The van der Waals surface area contributed by atoms with Crippen molar-refractivity contribution in [2.45, 2.75) is 6.92 Å². The van der Waals surface area contributed by atoms with Crippen LogP contribution in [0.25, 0.3) is 5.53 Å². The fourth-order valence-corrected chi connectivity index (χ4v) is 0.318. The molecule has 0 N–H and O–H groups in total. The molecule has 0 aromatic rings.